The Morgan fingerprint density at radius 2 is 1.93 bits per heavy atom. The second-order valence-electron chi connectivity index (χ2n) is 9.67. The fourth-order valence-corrected chi connectivity index (χ4v) is 5.94. The van der Waals surface area contributed by atoms with E-state index < -0.39 is 12.0 Å². The average Bonchev–Trinajstić information content (AvgIpc) is 3.21. The summed E-state index contributed by atoms with van der Waals surface area (Å²) in [6.45, 7) is 8.01. The molecule has 4 rings (SSSR count). The number of benzene rings is 2. The third kappa shape index (κ3) is 6.45. The molecule has 3 aromatic rings. The molecule has 0 N–H and O–H groups in total. The smallest absolute Gasteiger partial charge is 0.338 e. The number of halogens is 2. The highest BCUT2D eigenvalue weighted by atomic mass is 35.5. The number of unbranched alkanes of at least 4 members (excludes halogenated alkanes) is 2. The zero-order valence-corrected chi connectivity index (χ0v) is 25.5. The molecule has 0 saturated carbocycles. The first kappa shape index (κ1) is 29.9. The van der Waals surface area contributed by atoms with Crippen LogP contribution in [0.5, 0.6) is 11.5 Å². The molecule has 10 heteroatoms. The van der Waals surface area contributed by atoms with Crippen molar-refractivity contribution in [2.24, 2.45) is 4.99 Å². The van der Waals surface area contributed by atoms with Gasteiger partial charge in [-0.05, 0) is 68.7 Å². The van der Waals surface area contributed by atoms with Gasteiger partial charge in [-0.15, -0.1) is 0 Å². The minimum Gasteiger partial charge on any atom is -0.493 e. The van der Waals surface area contributed by atoms with E-state index in [0.29, 0.717) is 54.3 Å². The summed E-state index contributed by atoms with van der Waals surface area (Å²) in [5.74, 6) is 0.574. The lowest BCUT2D eigenvalue weighted by molar-refractivity contribution is -0.143. The number of esters is 1. The van der Waals surface area contributed by atoms with E-state index in [-0.39, 0.29) is 17.2 Å². The molecule has 1 atom stereocenters. The minimum absolute atomic E-state index is 0.288. The zero-order chi connectivity index (χ0) is 29.0. The number of hydrogen-bond acceptors (Lipinski definition) is 7. The van der Waals surface area contributed by atoms with Crippen molar-refractivity contribution in [3.8, 4) is 11.5 Å². The Hall–Kier alpha value is -3.07. The summed E-state index contributed by atoms with van der Waals surface area (Å²) in [6.07, 6.45) is 4.46. The molecule has 1 aromatic heterocycles. The van der Waals surface area contributed by atoms with E-state index >= 15 is 0 Å². The molecular weight excluding hydrogens is 571 g/mol. The van der Waals surface area contributed by atoms with Gasteiger partial charge in [0.1, 0.15) is 0 Å². The summed E-state index contributed by atoms with van der Waals surface area (Å²) >= 11 is 13.7. The van der Waals surface area contributed by atoms with Gasteiger partial charge in [-0.3, -0.25) is 9.36 Å². The van der Waals surface area contributed by atoms with E-state index in [9.17, 15) is 9.59 Å². The first-order chi connectivity index (χ1) is 19.1. The number of aromatic nitrogens is 1. The van der Waals surface area contributed by atoms with Crippen molar-refractivity contribution >= 4 is 46.6 Å². The number of ether oxygens (including phenoxy) is 3. The van der Waals surface area contributed by atoms with E-state index in [2.05, 4.69) is 11.9 Å². The predicted molar refractivity (Wildman–Crippen MR) is 159 cm³/mol. The van der Waals surface area contributed by atoms with Gasteiger partial charge in [-0.1, -0.05) is 66.4 Å². The van der Waals surface area contributed by atoms with Crippen LogP contribution >= 0.6 is 34.5 Å². The number of carbonyl (C=O) groups excluding carboxylic acids is 1. The third-order valence-corrected chi connectivity index (χ3v) is 7.89. The second kappa shape index (κ2) is 13.1. The summed E-state index contributed by atoms with van der Waals surface area (Å²) in [7, 11) is 1.56. The molecular formula is C30H32Cl2N2O5S. The maximum atomic E-state index is 13.9. The Morgan fingerprint density at radius 1 is 1.15 bits per heavy atom. The Bertz CT molecular complexity index is 1620. The zero-order valence-electron chi connectivity index (χ0n) is 23.1. The van der Waals surface area contributed by atoms with Crippen LogP contribution < -0.4 is 24.4 Å². The number of carbonyl (C=O) groups is 1. The molecule has 0 radical (unpaired) electrons. The standard InChI is InChI=1S/C30H32Cl2N2O5S/c1-6-7-8-13-38-23-12-10-20(14-24(23)37-5)27-26(29(36)39-17(2)3)18(4)33-30-34(27)28(35)25(40-30)15-19-9-11-21(31)16-22(19)32/h9-12,14-17,27H,6-8,13H2,1-5H3. The quantitative estimate of drug-likeness (QED) is 0.208. The summed E-state index contributed by atoms with van der Waals surface area (Å²) in [5, 5.41) is 0.922. The fourth-order valence-electron chi connectivity index (χ4n) is 4.44. The highest BCUT2D eigenvalue weighted by molar-refractivity contribution is 7.07. The van der Waals surface area contributed by atoms with Gasteiger partial charge in [-0.25, -0.2) is 9.79 Å². The molecule has 0 saturated heterocycles. The largest absolute Gasteiger partial charge is 0.493 e. The van der Waals surface area contributed by atoms with Gasteiger partial charge in [0.2, 0.25) is 0 Å². The molecule has 1 unspecified atom stereocenters. The van der Waals surface area contributed by atoms with Crippen LogP contribution in [-0.4, -0.2) is 30.4 Å². The van der Waals surface area contributed by atoms with Crippen LogP contribution in [0.2, 0.25) is 10.0 Å². The average molecular weight is 604 g/mol. The number of fused-ring (bicyclic) bond motifs is 1. The van der Waals surface area contributed by atoms with Crippen LogP contribution in [0.15, 0.2) is 57.5 Å². The van der Waals surface area contributed by atoms with Crippen LogP contribution in [0.1, 0.15) is 64.1 Å². The number of methoxy groups -OCH3 is 1. The molecule has 0 bridgehead atoms. The number of rotatable bonds is 10. The van der Waals surface area contributed by atoms with Crippen LogP contribution in [0, 0.1) is 0 Å². The van der Waals surface area contributed by atoms with Gasteiger partial charge in [0, 0.05) is 10.0 Å². The molecule has 0 aliphatic carbocycles. The van der Waals surface area contributed by atoms with Crippen molar-refractivity contribution in [1.29, 1.82) is 0 Å². The summed E-state index contributed by atoms with van der Waals surface area (Å²) in [6, 6.07) is 9.75. The van der Waals surface area contributed by atoms with Crippen molar-refractivity contribution in [3.05, 3.63) is 88.5 Å². The maximum absolute atomic E-state index is 13.9. The summed E-state index contributed by atoms with van der Waals surface area (Å²) in [4.78, 5) is 32.4. The van der Waals surface area contributed by atoms with E-state index in [1.165, 1.54) is 15.9 Å². The van der Waals surface area contributed by atoms with Gasteiger partial charge in [0.25, 0.3) is 5.56 Å². The Kier molecular flexibility index (Phi) is 9.77. The van der Waals surface area contributed by atoms with Crippen molar-refractivity contribution in [2.75, 3.05) is 13.7 Å². The number of thiazole rings is 1. The van der Waals surface area contributed by atoms with Gasteiger partial charge < -0.3 is 14.2 Å². The van der Waals surface area contributed by atoms with E-state index in [1.807, 2.05) is 12.1 Å². The fraction of sp³-hybridized carbons (Fsp3) is 0.367. The minimum atomic E-state index is -0.784. The number of hydrogen-bond donors (Lipinski definition) is 0. The van der Waals surface area contributed by atoms with Crippen LogP contribution in [0.4, 0.5) is 0 Å². The monoisotopic (exact) mass is 602 g/mol. The van der Waals surface area contributed by atoms with Crippen molar-refractivity contribution in [2.45, 2.75) is 59.1 Å². The Labute approximate surface area is 247 Å². The lowest BCUT2D eigenvalue weighted by Crippen LogP contribution is -2.40. The van der Waals surface area contributed by atoms with E-state index in [4.69, 9.17) is 37.4 Å². The van der Waals surface area contributed by atoms with Crippen molar-refractivity contribution in [1.82, 2.24) is 4.57 Å². The van der Waals surface area contributed by atoms with Gasteiger partial charge in [0.15, 0.2) is 16.3 Å². The summed E-state index contributed by atoms with van der Waals surface area (Å²) in [5.41, 5.74) is 1.78. The molecule has 1 aliphatic rings. The molecule has 2 heterocycles. The van der Waals surface area contributed by atoms with Crippen molar-refractivity contribution in [3.63, 3.8) is 0 Å². The lowest BCUT2D eigenvalue weighted by atomic mass is 9.95. The number of allylic oxidation sites excluding steroid dienone is 1. The lowest BCUT2D eigenvalue weighted by Gasteiger charge is -2.26. The summed E-state index contributed by atoms with van der Waals surface area (Å²) < 4.78 is 19.1. The Morgan fingerprint density at radius 3 is 2.60 bits per heavy atom. The molecule has 0 fully saturated rings. The molecule has 0 amide bonds. The molecule has 2 aromatic carbocycles. The Balaban J connectivity index is 1.87. The maximum Gasteiger partial charge on any atom is 0.338 e. The normalized spacial score (nSPS) is 15.2. The van der Waals surface area contributed by atoms with Gasteiger partial charge in [-0.2, -0.15) is 0 Å². The van der Waals surface area contributed by atoms with Crippen molar-refractivity contribution < 1.29 is 19.0 Å². The first-order valence-electron chi connectivity index (χ1n) is 13.1. The first-order valence-corrected chi connectivity index (χ1v) is 14.7. The molecule has 212 valence electrons. The molecule has 1 aliphatic heterocycles. The predicted octanol–water partition coefficient (Wildman–Crippen LogP) is 6.07. The third-order valence-electron chi connectivity index (χ3n) is 6.34. The SMILES string of the molecule is CCCCCOc1ccc(C2C(C(=O)OC(C)C)=C(C)N=c3sc(=Cc4ccc(Cl)cc4Cl)c(=O)n32)cc1OC. The van der Waals surface area contributed by atoms with E-state index in [0.717, 1.165) is 19.3 Å². The second-order valence-corrected chi connectivity index (χ2v) is 11.5. The van der Waals surface area contributed by atoms with Crippen LogP contribution in [0.3, 0.4) is 0 Å². The van der Waals surface area contributed by atoms with E-state index in [1.54, 1.807) is 58.2 Å². The molecule has 0 spiro atoms. The highest BCUT2D eigenvalue weighted by Crippen LogP contribution is 2.36. The number of nitrogens with zero attached hydrogens (tertiary/aromatic N) is 2. The molecule has 40 heavy (non-hydrogen) atoms. The van der Waals surface area contributed by atoms with Crippen LogP contribution in [-0.2, 0) is 9.53 Å². The van der Waals surface area contributed by atoms with Gasteiger partial charge >= 0.3 is 5.97 Å². The van der Waals surface area contributed by atoms with Gasteiger partial charge in [0.05, 0.1) is 41.7 Å². The topological polar surface area (TPSA) is 79.1 Å². The highest BCUT2D eigenvalue weighted by Gasteiger charge is 2.34. The van der Waals surface area contributed by atoms with Crippen LogP contribution in [0.25, 0.3) is 6.08 Å². The molecule has 7 nitrogen and oxygen atoms in total.